The fourth-order valence-corrected chi connectivity index (χ4v) is 2.22. The van der Waals surface area contributed by atoms with Gasteiger partial charge in [-0.05, 0) is 37.8 Å². The number of amides is 1. The summed E-state index contributed by atoms with van der Waals surface area (Å²) in [4.78, 5) is 11.9. The molecule has 0 radical (unpaired) electrons. The molecule has 1 amide bonds. The molecule has 0 atom stereocenters. The van der Waals surface area contributed by atoms with Crippen molar-refractivity contribution < 1.29 is 14.3 Å². The third-order valence-electron chi connectivity index (χ3n) is 3.22. The molecule has 1 aliphatic carbocycles. The van der Waals surface area contributed by atoms with Crippen LogP contribution in [0.1, 0.15) is 36.0 Å². The summed E-state index contributed by atoms with van der Waals surface area (Å²) in [5, 5.41) is 20.8. The van der Waals surface area contributed by atoms with Gasteiger partial charge in [-0.3, -0.25) is 4.79 Å². The smallest absolute Gasteiger partial charge is 0.255 e. The highest BCUT2D eigenvalue weighted by Crippen LogP contribution is 2.29. The molecule has 1 aliphatic rings. The molecule has 0 unspecified atom stereocenters. The molecule has 5 heteroatoms. The van der Waals surface area contributed by atoms with Gasteiger partial charge in [-0.15, -0.1) is 0 Å². The van der Waals surface area contributed by atoms with E-state index in [0.717, 1.165) is 18.9 Å². The Hall–Kier alpha value is -2.09. The predicted octanol–water partition coefficient (Wildman–Crippen LogP) is 2.10. The maximum absolute atomic E-state index is 13.5. The van der Waals surface area contributed by atoms with Crippen LogP contribution in [0.2, 0.25) is 0 Å². The van der Waals surface area contributed by atoms with Crippen LogP contribution in [-0.4, -0.2) is 16.6 Å². The molecule has 1 aromatic rings. The van der Waals surface area contributed by atoms with Gasteiger partial charge in [0.15, 0.2) is 0 Å². The number of carbonyl (C=O) groups is 1. The number of benzene rings is 1. The first-order chi connectivity index (χ1) is 8.56. The van der Waals surface area contributed by atoms with Gasteiger partial charge in [0.05, 0.1) is 11.6 Å². The van der Waals surface area contributed by atoms with Crippen LogP contribution in [0, 0.1) is 17.1 Å². The average Bonchev–Trinajstić information content (AvgIpc) is 2.78. The maximum Gasteiger partial charge on any atom is 0.255 e. The zero-order valence-electron chi connectivity index (χ0n) is 9.74. The Bertz CT molecular complexity index is 516. The molecule has 94 valence electrons. The lowest BCUT2D eigenvalue weighted by Gasteiger charge is -2.22. The van der Waals surface area contributed by atoms with Gasteiger partial charge >= 0.3 is 0 Å². The highest BCUT2D eigenvalue weighted by molar-refractivity contribution is 5.95. The second-order valence-electron chi connectivity index (χ2n) is 4.52. The minimum Gasteiger partial charge on any atom is -0.508 e. The summed E-state index contributed by atoms with van der Waals surface area (Å²) >= 11 is 0. The first kappa shape index (κ1) is 12.4. The molecule has 2 rings (SSSR count). The van der Waals surface area contributed by atoms with Crippen molar-refractivity contribution in [2.75, 3.05) is 0 Å². The van der Waals surface area contributed by atoms with Crippen molar-refractivity contribution >= 4 is 5.91 Å². The van der Waals surface area contributed by atoms with Gasteiger partial charge in [0, 0.05) is 6.07 Å². The lowest BCUT2D eigenvalue weighted by Crippen LogP contribution is -2.45. The predicted molar refractivity (Wildman–Crippen MR) is 62.3 cm³/mol. The normalized spacial score (nSPS) is 17.1. The first-order valence-electron chi connectivity index (χ1n) is 5.79. The van der Waals surface area contributed by atoms with E-state index in [4.69, 9.17) is 10.4 Å². The number of hydrogen-bond acceptors (Lipinski definition) is 3. The van der Waals surface area contributed by atoms with Gasteiger partial charge < -0.3 is 10.4 Å². The molecule has 1 saturated carbocycles. The van der Waals surface area contributed by atoms with E-state index in [1.54, 1.807) is 0 Å². The Morgan fingerprint density at radius 1 is 1.44 bits per heavy atom. The van der Waals surface area contributed by atoms with E-state index in [1.807, 2.05) is 0 Å². The highest BCUT2D eigenvalue weighted by Gasteiger charge is 2.36. The average molecular weight is 248 g/mol. The summed E-state index contributed by atoms with van der Waals surface area (Å²) in [7, 11) is 0. The molecule has 0 spiro atoms. The molecule has 0 heterocycles. The monoisotopic (exact) mass is 248 g/mol. The third kappa shape index (κ3) is 2.28. The lowest BCUT2D eigenvalue weighted by atomic mass is 9.99. The number of phenolic OH excluding ortho intramolecular Hbond substituents is 1. The summed E-state index contributed by atoms with van der Waals surface area (Å²) in [5.41, 5.74) is -1.03. The van der Waals surface area contributed by atoms with E-state index in [1.165, 1.54) is 12.1 Å². The number of aromatic hydroxyl groups is 1. The molecule has 0 aromatic heterocycles. The van der Waals surface area contributed by atoms with Crippen LogP contribution in [0.25, 0.3) is 0 Å². The fraction of sp³-hybridized carbons (Fsp3) is 0.385. The van der Waals surface area contributed by atoms with Crippen LogP contribution in [-0.2, 0) is 0 Å². The van der Waals surface area contributed by atoms with E-state index in [9.17, 15) is 9.18 Å². The first-order valence-corrected chi connectivity index (χ1v) is 5.79. The Morgan fingerprint density at radius 3 is 2.67 bits per heavy atom. The van der Waals surface area contributed by atoms with E-state index in [-0.39, 0.29) is 11.3 Å². The van der Waals surface area contributed by atoms with Crippen molar-refractivity contribution in [3.63, 3.8) is 0 Å². The van der Waals surface area contributed by atoms with E-state index in [2.05, 4.69) is 11.4 Å². The summed E-state index contributed by atoms with van der Waals surface area (Å²) in [6, 6.07) is 5.43. The summed E-state index contributed by atoms with van der Waals surface area (Å²) in [6.45, 7) is 0. The summed E-state index contributed by atoms with van der Waals surface area (Å²) < 4.78 is 13.5. The quantitative estimate of drug-likeness (QED) is 0.841. The molecule has 18 heavy (non-hydrogen) atoms. The van der Waals surface area contributed by atoms with Crippen LogP contribution in [0.3, 0.4) is 0 Å². The van der Waals surface area contributed by atoms with Gasteiger partial charge in [-0.25, -0.2) is 4.39 Å². The Kier molecular flexibility index (Phi) is 3.19. The molecule has 0 aliphatic heterocycles. The maximum atomic E-state index is 13.5. The third-order valence-corrected chi connectivity index (χ3v) is 3.22. The molecule has 4 nitrogen and oxygen atoms in total. The van der Waals surface area contributed by atoms with E-state index in [0.29, 0.717) is 12.8 Å². The molecule has 0 bridgehead atoms. The second kappa shape index (κ2) is 4.65. The van der Waals surface area contributed by atoms with Crippen molar-refractivity contribution in [3.05, 3.63) is 29.6 Å². The Morgan fingerprint density at radius 2 is 2.11 bits per heavy atom. The molecular formula is C13H13FN2O2. The number of carbonyl (C=O) groups excluding carboxylic acids is 1. The molecule has 2 N–H and O–H groups in total. The van der Waals surface area contributed by atoms with Gasteiger partial charge in [-0.1, -0.05) is 0 Å². The zero-order chi connectivity index (χ0) is 13.2. The topological polar surface area (TPSA) is 73.1 Å². The fourth-order valence-electron chi connectivity index (χ4n) is 2.22. The largest absolute Gasteiger partial charge is 0.508 e. The van der Waals surface area contributed by atoms with Crippen molar-refractivity contribution in [2.24, 2.45) is 0 Å². The van der Waals surface area contributed by atoms with Crippen LogP contribution in [0.15, 0.2) is 18.2 Å². The number of rotatable bonds is 2. The Balaban J connectivity index is 2.19. The second-order valence-corrected chi connectivity index (χ2v) is 4.52. The molecule has 1 aromatic carbocycles. The van der Waals surface area contributed by atoms with Gasteiger partial charge in [0.25, 0.3) is 5.91 Å². The zero-order valence-corrected chi connectivity index (χ0v) is 9.74. The lowest BCUT2D eigenvalue weighted by molar-refractivity contribution is 0.0916. The van der Waals surface area contributed by atoms with Crippen LogP contribution in [0.5, 0.6) is 5.75 Å². The minimum atomic E-state index is -0.874. The minimum absolute atomic E-state index is 0.158. The van der Waals surface area contributed by atoms with Crippen LogP contribution in [0.4, 0.5) is 4.39 Å². The van der Waals surface area contributed by atoms with Crippen molar-refractivity contribution in [3.8, 4) is 11.8 Å². The van der Waals surface area contributed by atoms with Gasteiger partial charge in [0.2, 0.25) is 0 Å². The number of nitrogens with zero attached hydrogens (tertiary/aromatic N) is 1. The summed E-state index contributed by atoms with van der Waals surface area (Å²) in [6.07, 6.45) is 2.95. The number of phenols is 1. The van der Waals surface area contributed by atoms with Crippen molar-refractivity contribution in [1.29, 1.82) is 5.26 Å². The van der Waals surface area contributed by atoms with Crippen LogP contribution >= 0.6 is 0 Å². The number of halogens is 1. The summed E-state index contributed by atoms with van der Waals surface area (Å²) in [5.74, 6) is -1.64. The number of nitriles is 1. The SMILES string of the molecule is N#CC1(NC(=O)c2ccc(O)cc2F)CCCC1. The van der Waals surface area contributed by atoms with E-state index >= 15 is 0 Å². The van der Waals surface area contributed by atoms with Crippen molar-refractivity contribution in [1.82, 2.24) is 5.32 Å². The highest BCUT2D eigenvalue weighted by atomic mass is 19.1. The van der Waals surface area contributed by atoms with Gasteiger partial charge in [0.1, 0.15) is 17.1 Å². The number of hydrogen-bond donors (Lipinski definition) is 2. The number of nitrogens with one attached hydrogen (secondary N) is 1. The van der Waals surface area contributed by atoms with E-state index < -0.39 is 17.3 Å². The van der Waals surface area contributed by atoms with Crippen molar-refractivity contribution in [2.45, 2.75) is 31.2 Å². The standard InChI is InChI=1S/C13H13FN2O2/c14-11-7-9(17)3-4-10(11)12(18)16-13(8-15)5-1-2-6-13/h3-4,7,17H,1-2,5-6H2,(H,16,18). The molecule has 1 fully saturated rings. The molecular weight excluding hydrogens is 235 g/mol. The Labute approximate surface area is 104 Å². The molecule has 0 saturated heterocycles. The van der Waals surface area contributed by atoms with Gasteiger partial charge in [-0.2, -0.15) is 5.26 Å². The van der Waals surface area contributed by atoms with Crippen LogP contribution < -0.4 is 5.32 Å².